The molecule has 8 rings (SSSR count). The molecule has 2 aliphatic heterocycles. The number of alkyl halides is 1. The molecule has 1 amide bonds. The van der Waals surface area contributed by atoms with Crippen LogP contribution in [0.2, 0.25) is 0 Å². The van der Waals surface area contributed by atoms with E-state index in [-0.39, 0.29) is 22.8 Å². The summed E-state index contributed by atoms with van der Waals surface area (Å²) in [5, 5.41) is 2.72. The van der Waals surface area contributed by atoms with Gasteiger partial charge in [-0.2, -0.15) is 0 Å². The summed E-state index contributed by atoms with van der Waals surface area (Å²) in [4.78, 5) is 30.9. The minimum absolute atomic E-state index is 0.0493. The summed E-state index contributed by atoms with van der Waals surface area (Å²) in [7, 11) is 0. The fourth-order valence-corrected chi connectivity index (χ4v) is 5.55. The lowest BCUT2D eigenvalue weighted by Crippen LogP contribution is -2.45. The average Bonchev–Trinajstić information content (AvgIpc) is 3.62. The minimum atomic E-state index is -1.02. The van der Waals surface area contributed by atoms with Crippen LogP contribution in [0.5, 0.6) is 5.75 Å². The molecule has 0 aromatic carbocycles. The molecule has 1 N–H and O–H groups in total. The number of aromatic nitrogens is 3. The highest BCUT2D eigenvalue weighted by molar-refractivity contribution is 6.06. The summed E-state index contributed by atoms with van der Waals surface area (Å²) >= 11 is 0. The van der Waals surface area contributed by atoms with Crippen LogP contribution in [0.25, 0.3) is 5.65 Å². The number of ether oxygens (including phenoxy) is 2. The van der Waals surface area contributed by atoms with Crippen LogP contribution in [-0.2, 0) is 10.2 Å². The number of hydrogen-bond acceptors (Lipinski definition) is 5. The molecule has 34 heavy (non-hydrogen) atoms. The number of hydrogen-bond donors (Lipinski definition) is 1. The van der Waals surface area contributed by atoms with Gasteiger partial charge in [-0.3, -0.25) is 9.59 Å². The highest BCUT2D eigenvalue weighted by Crippen LogP contribution is 2.58. The van der Waals surface area contributed by atoms with E-state index in [1.165, 1.54) is 10.6 Å². The molecule has 2 atom stereocenters. The molecule has 2 saturated heterocycles. The van der Waals surface area contributed by atoms with E-state index in [2.05, 4.69) is 12.2 Å². The van der Waals surface area contributed by atoms with Crippen LogP contribution in [0.3, 0.4) is 0 Å². The number of fused-ring (bicyclic) bond motifs is 2. The molecule has 2 bridgehead atoms. The largest absolute Gasteiger partial charge is 0.489 e. The number of anilines is 1. The molecule has 5 fully saturated rings. The maximum Gasteiger partial charge on any atom is 0.274 e. The molecule has 9 heteroatoms. The first kappa shape index (κ1) is 20.2. The Bertz CT molecular complexity index is 1400. The number of halogens is 1. The number of pyridine rings is 2. The Morgan fingerprint density at radius 2 is 2.12 bits per heavy atom. The highest BCUT2D eigenvalue weighted by atomic mass is 19.1. The third-order valence-electron chi connectivity index (χ3n) is 7.54. The number of carbonyl (C=O) groups is 1. The molecule has 0 spiro atoms. The minimum Gasteiger partial charge on any atom is -0.489 e. The van der Waals surface area contributed by atoms with Gasteiger partial charge in [0.15, 0.2) is 0 Å². The molecule has 8 nitrogen and oxygen atoms in total. The maximum absolute atomic E-state index is 13.5. The van der Waals surface area contributed by atoms with Gasteiger partial charge in [0.05, 0.1) is 35.6 Å². The zero-order valence-corrected chi connectivity index (χ0v) is 18.8. The molecule has 176 valence electrons. The summed E-state index contributed by atoms with van der Waals surface area (Å²) in [6, 6.07) is 4.52. The van der Waals surface area contributed by atoms with Crippen LogP contribution in [-0.4, -0.2) is 44.3 Å². The van der Waals surface area contributed by atoms with Crippen molar-refractivity contribution in [1.29, 1.82) is 0 Å². The van der Waals surface area contributed by atoms with Gasteiger partial charge >= 0.3 is 0 Å². The van der Waals surface area contributed by atoms with E-state index < -0.39 is 23.7 Å². The smallest absolute Gasteiger partial charge is 0.274 e. The summed E-state index contributed by atoms with van der Waals surface area (Å²) in [5.41, 5.74) is 1.59. The number of rotatable bonds is 6. The summed E-state index contributed by atoms with van der Waals surface area (Å²) in [6.07, 6.45) is 8.41. The monoisotopic (exact) mass is 464 g/mol. The predicted molar refractivity (Wildman–Crippen MR) is 121 cm³/mol. The van der Waals surface area contributed by atoms with Crippen LogP contribution in [0.1, 0.15) is 61.1 Å². The molecular formula is C25H25FN4O4. The van der Waals surface area contributed by atoms with Gasteiger partial charge in [-0.25, -0.2) is 9.37 Å². The van der Waals surface area contributed by atoms with Crippen molar-refractivity contribution in [2.45, 2.75) is 68.4 Å². The molecule has 3 aliphatic carbocycles. The van der Waals surface area contributed by atoms with Crippen LogP contribution in [0.4, 0.5) is 10.1 Å². The van der Waals surface area contributed by atoms with Crippen molar-refractivity contribution < 1.29 is 18.7 Å². The van der Waals surface area contributed by atoms with E-state index in [0.717, 1.165) is 31.4 Å². The third-order valence-corrected chi connectivity index (χ3v) is 7.54. The Morgan fingerprint density at radius 1 is 1.32 bits per heavy atom. The van der Waals surface area contributed by atoms with Crippen LogP contribution in [0, 0.1) is 0 Å². The van der Waals surface area contributed by atoms with E-state index in [1.54, 1.807) is 24.5 Å². The maximum atomic E-state index is 13.5. The lowest BCUT2D eigenvalue weighted by atomic mass is 9.62. The summed E-state index contributed by atoms with van der Waals surface area (Å²) in [6.45, 7) is 2.79. The highest BCUT2D eigenvalue weighted by Gasteiger charge is 2.61. The van der Waals surface area contributed by atoms with Crippen molar-refractivity contribution >= 4 is 17.2 Å². The van der Waals surface area contributed by atoms with Crippen molar-refractivity contribution in [3.05, 3.63) is 58.4 Å². The lowest BCUT2D eigenvalue weighted by Gasteiger charge is -2.41. The Morgan fingerprint density at radius 3 is 2.79 bits per heavy atom. The topological polar surface area (TPSA) is 86.9 Å². The molecule has 3 aromatic heterocycles. The molecule has 3 saturated carbocycles. The average molecular weight is 464 g/mol. The van der Waals surface area contributed by atoms with E-state index in [0.29, 0.717) is 30.0 Å². The number of imidazole rings is 1. The second kappa shape index (κ2) is 6.69. The summed E-state index contributed by atoms with van der Waals surface area (Å²) < 4.78 is 28.7. The predicted octanol–water partition coefficient (Wildman–Crippen LogP) is 3.39. The van der Waals surface area contributed by atoms with Crippen LogP contribution in [0.15, 0.2) is 41.6 Å². The van der Waals surface area contributed by atoms with Gasteiger partial charge in [-0.05, 0) is 44.7 Å². The van der Waals surface area contributed by atoms with Gasteiger partial charge in [0.25, 0.3) is 11.5 Å². The van der Waals surface area contributed by atoms with Gasteiger partial charge in [-0.15, -0.1) is 0 Å². The van der Waals surface area contributed by atoms with Gasteiger partial charge in [0.2, 0.25) is 0 Å². The zero-order chi connectivity index (χ0) is 23.2. The van der Waals surface area contributed by atoms with Gasteiger partial charge in [0.1, 0.15) is 23.3 Å². The quantitative estimate of drug-likeness (QED) is 0.604. The van der Waals surface area contributed by atoms with E-state index in [9.17, 15) is 14.0 Å². The number of nitrogens with one attached hydrogen (secondary N) is 1. The van der Waals surface area contributed by atoms with Gasteiger partial charge in [-0.1, -0.05) is 0 Å². The Labute approximate surface area is 194 Å². The van der Waals surface area contributed by atoms with Crippen molar-refractivity contribution in [2.24, 2.45) is 0 Å². The Balaban J connectivity index is 1.23. The van der Waals surface area contributed by atoms with E-state index in [4.69, 9.17) is 14.5 Å². The molecule has 3 aromatic rings. The second-order valence-corrected chi connectivity index (χ2v) is 10.5. The fraction of sp³-hybridized carbons (Fsp3) is 0.480. The normalized spacial score (nSPS) is 31.4. The lowest BCUT2D eigenvalue weighted by molar-refractivity contribution is 0.0154. The number of carbonyl (C=O) groups excluding carboxylic acids is 1. The standard InChI is InChI=1S/C25H25FN4O4/c1-24-11-25(12-24,13-33-24)20-10-29-9-15(19(8-21(29)28-20)34-14-4-5-14)22(31)27-17-3-2-6-30(23(17)32)18-7-16(18)26/h2-3,6,8-10,14,16,18H,4-5,7,11-13H2,1H3,(H,27,31)/t16-,18?,24?,25?/m1/s1. The number of amides is 1. The van der Waals surface area contributed by atoms with Crippen LogP contribution >= 0.6 is 0 Å². The summed E-state index contributed by atoms with van der Waals surface area (Å²) in [5.74, 6) is -0.000584. The van der Waals surface area contributed by atoms with Crippen molar-refractivity contribution in [1.82, 2.24) is 14.0 Å². The third kappa shape index (κ3) is 3.10. The SMILES string of the molecule is CC12CC(c3cn4cc(C(=O)Nc5cccn(C6C[C@H]6F)c5=O)c(OC5CC5)cc4n3)(CO1)C2. The molecule has 5 aliphatic rings. The Hall–Kier alpha value is -3.20. The molecule has 0 radical (unpaired) electrons. The van der Waals surface area contributed by atoms with Gasteiger partial charge in [0, 0.05) is 36.5 Å². The molecule has 5 heterocycles. The van der Waals surface area contributed by atoms with E-state index in [1.807, 2.05) is 10.6 Å². The first-order valence-electron chi connectivity index (χ1n) is 11.8. The first-order chi connectivity index (χ1) is 16.3. The van der Waals surface area contributed by atoms with E-state index >= 15 is 0 Å². The van der Waals surface area contributed by atoms with Crippen molar-refractivity contribution in [3.8, 4) is 5.75 Å². The second-order valence-electron chi connectivity index (χ2n) is 10.5. The van der Waals surface area contributed by atoms with Crippen molar-refractivity contribution in [3.63, 3.8) is 0 Å². The van der Waals surface area contributed by atoms with Crippen LogP contribution < -0.4 is 15.6 Å². The molecular weight excluding hydrogens is 439 g/mol. The van der Waals surface area contributed by atoms with Gasteiger partial charge < -0.3 is 23.8 Å². The number of nitrogens with zero attached hydrogens (tertiary/aromatic N) is 3. The first-order valence-corrected chi connectivity index (χ1v) is 11.8. The molecule has 1 unspecified atom stereocenters. The Kier molecular flexibility index (Phi) is 3.97. The fourth-order valence-electron chi connectivity index (χ4n) is 5.55. The zero-order valence-electron chi connectivity index (χ0n) is 18.8. The van der Waals surface area contributed by atoms with Crippen molar-refractivity contribution in [2.75, 3.05) is 11.9 Å².